The zero-order valence-corrected chi connectivity index (χ0v) is 13.8. The van der Waals surface area contributed by atoms with Gasteiger partial charge in [-0.05, 0) is 36.6 Å². The van der Waals surface area contributed by atoms with Crippen LogP contribution in [0.25, 0.3) is 0 Å². The summed E-state index contributed by atoms with van der Waals surface area (Å²) in [6.45, 7) is 1.77. The van der Waals surface area contributed by atoms with E-state index >= 15 is 0 Å². The van der Waals surface area contributed by atoms with Crippen LogP contribution >= 0.6 is 0 Å². The average molecular weight is 329 g/mol. The highest BCUT2D eigenvalue weighted by Crippen LogP contribution is 2.48. The number of rotatable bonds is 3. The SMILES string of the molecule is COC(=O)[C@@]12C(=O)C(=O)N(c3ccc(OC)cc3)[C@@H]1CC=C[C@@H]2C. The Balaban J connectivity index is 2.12. The maximum atomic E-state index is 12.8. The Hall–Kier alpha value is -2.63. The molecule has 2 aliphatic rings. The lowest BCUT2D eigenvalue weighted by Gasteiger charge is -2.39. The highest BCUT2D eigenvalue weighted by molar-refractivity contribution is 6.49. The minimum Gasteiger partial charge on any atom is -0.497 e. The molecule has 0 spiro atoms. The van der Waals surface area contributed by atoms with Gasteiger partial charge in [0.15, 0.2) is 5.41 Å². The number of fused-ring (bicyclic) bond motifs is 1. The lowest BCUT2D eigenvalue weighted by Crippen LogP contribution is -2.53. The Morgan fingerprint density at radius 3 is 2.46 bits per heavy atom. The summed E-state index contributed by atoms with van der Waals surface area (Å²) in [5.74, 6) is -1.80. The zero-order valence-electron chi connectivity index (χ0n) is 13.8. The quantitative estimate of drug-likeness (QED) is 0.365. The van der Waals surface area contributed by atoms with E-state index in [0.717, 1.165) is 0 Å². The number of carbonyl (C=O) groups excluding carboxylic acids is 3. The molecule has 0 N–H and O–H groups in total. The molecule has 0 unspecified atom stereocenters. The normalized spacial score (nSPS) is 28.7. The van der Waals surface area contributed by atoms with Crippen LogP contribution < -0.4 is 9.64 Å². The molecule has 126 valence electrons. The first kappa shape index (κ1) is 16.2. The van der Waals surface area contributed by atoms with Crippen LogP contribution in [0, 0.1) is 11.3 Å². The van der Waals surface area contributed by atoms with Crippen molar-refractivity contribution in [1.29, 1.82) is 0 Å². The van der Waals surface area contributed by atoms with Crippen LogP contribution in [0.4, 0.5) is 5.69 Å². The van der Waals surface area contributed by atoms with E-state index in [1.165, 1.54) is 12.0 Å². The molecule has 6 heteroatoms. The maximum Gasteiger partial charge on any atom is 0.322 e. The molecule has 3 rings (SSSR count). The highest BCUT2D eigenvalue weighted by atomic mass is 16.5. The smallest absolute Gasteiger partial charge is 0.322 e. The minimum atomic E-state index is -1.49. The van der Waals surface area contributed by atoms with Gasteiger partial charge in [0.05, 0.1) is 20.3 Å². The zero-order chi connectivity index (χ0) is 17.5. The van der Waals surface area contributed by atoms with Crippen LogP contribution in [-0.4, -0.2) is 37.9 Å². The predicted molar refractivity (Wildman–Crippen MR) is 86.6 cm³/mol. The number of anilines is 1. The number of nitrogens with zero attached hydrogens (tertiary/aromatic N) is 1. The number of hydrogen-bond acceptors (Lipinski definition) is 5. The first-order valence-corrected chi connectivity index (χ1v) is 7.75. The van der Waals surface area contributed by atoms with Gasteiger partial charge < -0.3 is 14.4 Å². The number of ether oxygens (including phenoxy) is 2. The van der Waals surface area contributed by atoms with Gasteiger partial charge in [0.25, 0.3) is 5.91 Å². The third-order valence-electron chi connectivity index (χ3n) is 5.00. The van der Waals surface area contributed by atoms with Gasteiger partial charge in [-0.3, -0.25) is 14.4 Å². The van der Waals surface area contributed by atoms with E-state index in [9.17, 15) is 14.4 Å². The molecular formula is C18H19NO5. The third-order valence-corrected chi connectivity index (χ3v) is 5.00. The highest BCUT2D eigenvalue weighted by Gasteiger charge is 2.67. The molecule has 1 aliphatic carbocycles. The Kier molecular flexibility index (Phi) is 3.91. The fourth-order valence-electron chi connectivity index (χ4n) is 3.77. The number of hydrogen-bond donors (Lipinski definition) is 0. The number of Topliss-reactive ketones (excluding diaryl/α,β-unsaturated/α-hetero) is 1. The van der Waals surface area contributed by atoms with Crippen molar-refractivity contribution in [2.75, 3.05) is 19.1 Å². The number of benzene rings is 1. The molecule has 1 aromatic rings. The first-order chi connectivity index (χ1) is 11.5. The van der Waals surface area contributed by atoms with Crippen LogP contribution in [0.5, 0.6) is 5.75 Å². The largest absolute Gasteiger partial charge is 0.497 e. The van der Waals surface area contributed by atoms with Gasteiger partial charge in [-0.1, -0.05) is 19.1 Å². The van der Waals surface area contributed by atoms with Crippen molar-refractivity contribution in [1.82, 2.24) is 0 Å². The number of carbonyl (C=O) groups is 3. The first-order valence-electron chi connectivity index (χ1n) is 7.75. The lowest BCUT2D eigenvalue weighted by atomic mass is 9.66. The van der Waals surface area contributed by atoms with E-state index in [1.807, 2.05) is 6.08 Å². The van der Waals surface area contributed by atoms with Gasteiger partial charge in [0.1, 0.15) is 5.75 Å². The van der Waals surface area contributed by atoms with Gasteiger partial charge in [-0.2, -0.15) is 0 Å². The average Bonchev–Trinajstić information content (AvgIpc) is 2.84. The van der Waals surface area contributed by atoms with Crippen LogP contribution in [0.2, 0.25) is 0 Å². The molecule has 3 atom stereocenters. The number of amides is 1. The molecule has 6 nitrogen and oxygen atoms in total. The standard InChI is InChI=1S/C18H19NO5/c1-11-5-4-6-14-18(11,17(22)24-3)15(20)16(21)19(14)12-7-9-13(23-2)10-8-12/h4-5,7-11,14H,6H2,1-3H3/t11-,14+,18+/m0/s1. The van der Waals surface area contributed by atoms with Crippen LogP contribution in [0.3, 0.4) is 0 Å². The van der Waals surface area contributed by atoms with E-state index in [0.29, 0.717) is 17.9 Å². The summed E-state index contributed by atoms with van der Waals surface area (Å²) in [4.78, 5) is 39.5. The Labute approximate surface area is 140 Å². The van der Waals surface area contributed by atoms with Crippen molar-refractivity contribution in [3.05, 3.63) is 36.4 Å². The van der Waals surface area contributed by atoms with Crippen molar-refractivity contribution in [2.24, 2.45) is 11.3 Å². The minimum absolute atomic E-state index is 0.414. The molecule has 1 saturated heterocycles. The second-order valence-electron chi connectivity index (χ2n) is 6.03. The van der Waals surface area contributed by atoms with Crippen molar-refractivity contribution in [3.8, 4) is 5.75 Å². The van der Waals surface area contributed by atoms with E-state index in [4.69, 9.17) is 9.47 Å². The van der Waals surface area contributed by atoms with Gasteiger partial charge in [-0.25, -0.2) is 0 Å². The van der Waals surface area contributed by atoms with Crippen LogP contribution in [-0.2, 0) is 19.1 Å². The summed E-state index contributed by atoms with van der Waals surface area (Å²) >= 11 is 0. The molecule has 0 aromatic heterocycles. The van der Waals surface area contributed by atoms with E-state index in [2.05, 4.69) is 0 Å². The van der Waals surface area contributed by atoms with E-state index in [-0.39, 0.29) is 0 Å². The molecule has 0 saturated carbocycles. The van der Waals surface area contributed by atoms with Crippen molar-refractivity contribution in [3.63, 3.8) is 0 Å². The van der Waals surface area contributed by atoms with Crippen LogP contribution in [0.15, 0.2) is 36.4 Å². The summed E-state index contributed by atoms with van der Waals surface area (Å²) in [7, 11) is 2.79. The molecule has 0 bridgehead atoms. The fourth-order valence-corrected chi connectivity index (χ4v) is 3.77. The number of esters is 1. The number of methoxy groups -OCH3 is 2. The Bertz CT molecular complexity index is 723. The van der Waals surface area contributed by atoms with Gasteiger partial charge in [0.2, 0.25) is 5.78 Å². The summed E-state index contributed by atoms with van der Waals surface area (Å²) in [6, 6.07) is 6.26. The Morgan fingerprint density at radius 2 is 1.88 bits per heavy atom. The van der Waals surface area contributed by atoms with Crippen molar-refractivity contribution < 1.29 is 23.9 Å². The maximum absolute atomic E-state index is 12.8. The fraction of sp³-hybridized carbons (Fsp3) is 0.389. The van der Waals surface area contributed by atoms with Gasteiger partial charge in [-0.15, -0.1) is 0 Å². The van der Waals surface area contributed by atoms with Crippen LogP contribution in [0.1, 0.15) is 13.3 Å². The van der Waals surface area contributed by atoms with E-state index < -0.39 is 35.0 Å². The third kappa shape index (κ3) is 1.99. The summed E-state index contributed by atoms with van der Waals surface area (Å²) in [5, 5.41) is 0. The second-order valence-corrected chi connectivity index (χ2v) is 6.03. The predicted octanol–water partition coefficient (Wildman–Crippen LogP) is 1.73. The monoisotopic (exact) mass is 329 g/mol. The van der Waals surface area contributed by atoms with E-state index in [1.54, 1.807) is 44.4 Å². The molecule has 1 amide bonds. The summed E-state index contributed by atoms with van der Waals surface area (Å²) in [6.07, 6.45) is 4.12. The van der Waals surface area contributed by atoms with Gasteiger partial charge in [0, 0.05) is 5.69 Å². The topological polar surface area (TPSA) is 72.9 Å². The molecule has 24 heavy (non-hydrogen) atoms. The number of allylic oxidation sites excluding steroid dienone is 1. The molecular weight excluding hydrogens is 310 g/mol. The second kappa shape index (κ2) is 5.78. The Morgan fingerprint density at radius 1 is 1.21 bits per heavy atom. The van der Waals surface area contributed by atoms with Crippen molar-refractivity contribution in [2.45, 2.75) is 19.4 Å². The molecule has 0 radical (unpaired) electrons. The van der Waals surface area contributed by atoms with Crippen molar-refractivity contribution >= 4 is 23.3 Å². The molecule has 1 aliphatic heterocycles. The van der Waals surface area contributed by atoms with Gasteiger partial charge >= 0.3 is 5.97 Å². The number of ketones is 1. The lowest BCUT2D eigenvalue weighted by molar-refractivity contribution is -0.161. The summed E-state index contributed by atoms with van der Waals surface area (Å²) < 4.78 is 10.0. The molecule has 1 heterocycles. The molecule has 1 aromatic carbocycles. The summed E-state index contributed by atoms with van der Waals surface area (Å²) in [5.41, 5.74) is -0.923. The molecule has 1 fully saturated rings.